The Balaban J connectivity index is 1.89. The molecule has 2 aliphatic rings. The van der Waals surface area contributed by atoms with E-state index >= 15 is 0 Å². The van der Waals surface area contributed by atoms with Crippen molar-refractivity contribution in [1.29, 1.82) is 0 Å². The molecule has 0 saturated heterocycles. The zero-order valence-corrected chi connectivity index (χ0v) is 18.2. The summed E-state index contributed by atoms with van der Waals surface area (Å²) in [5.74, 6) is 4.00. The standard InChI is InChI=1S/C22H31N5O3/c1-5-23-21-19-22(26-20(25-19)15(2)3)27(14-24-21)13-16-8-9-17(29-4)18(12-16)30-11-7-6-10-28/h8-9,12,14-15,23,28H,5-7,10-11,13H2,1-4H3. The van der Waals surface area contributed by atoms with Crippen LogP contribution in [0.2, 0.25) is 0 Å². The summed E-state index contributed by atoms with van der Waals surface area (Å²) in [5.41, 5.74) is 1.84. The van der Waals surface area contributed by atoms with Crippen LogP contribution in [-0.2, 0) is 6.54 Å². The van der Waals surface area contributed by atoms with E-state index in [1.807, 2.05) is 29.7 Å². The highest BCUT2D eigenvalue weighted by atomic mass is 16.5. The number of methoxy groups -OCH3 is 1. The number of nitrogens with one attached hydrogen (secondary N) is 1. The summed E-state index contributed by atoms with van der Waals surface area (Å²) in [4.78, 5) is 14.0. The average molecular weight is 414 g/mol. The summed E-state index contributed by atoms with van der Waals surface area (Å²) in [6, 6.07) is 5.90. The normalized spacial score (nSPS) is 11.3. The van der Waals surface area contributed by atoms with Crippen LogP contribution in [0.1, 0.15) is 50.9 Å². The van der Waals surface area contributed by atoms with Crippen molar-refractivity contribution in [2.75, 3.05) is 32.2 Å². The second-order valence-electron chi connectivity index (χ2n) is 7.42. The first-order valence-corrected chi connectivity index (χ1v) is 10.4. The number of aliphatic hydroxyl groups excluding tert-OH is 1. The number of imidazole rings is 1. The van der Waals surface area contributed by atoms with Gasteiger partial charge in [-0.2, -0.15) is 0 Å². The van der Waals surface area contributed by atoms with Crippen LogP contribution in [0.15, 0.2) is 24.5 Å². The molecule has 3 rings (SSSR count). The Morgan fingerprint density at radius 1 is 1.17 bits per heavy atom. The van der Waals surface area contributed by atoms with Crippen molar-refractivity contribution in [2.45, 2.75) is 46.1 Å². The van der Waals surface area contributed by atoms with Crippen LogP contribution in [0.4, 0.5) is 5.82 Å². The first-order valence-electron chi connectivity index (χ1n) is 10.4. The third-order valence-corrected chi connectivity index (χ3v) is 4.73. The molecule has 1 aromatic rings. The van der Waals surface area contributed by atoms with Gasteiger partial charge in [0.1, 0.15) is 5.82 Å². The summed E-state index contributed by atoms with van der Waals surface area (Å²) in [5, 5.41) is 12.2. The van der Waals surface area contributed by atoms with Crippen LogP contribution >= 0.6 is 0 Å². The molecular formula is C22H31N5O3. The molecule has 0 fully saturated rings. The van der Waals surface area contributed by atoms with E-state index in [0.29, 0.717) is 31.1 Å². The van der Waals surface area contributed by atoms with Crippen molar-refractivity contribution in [3.8, 4) is 23.0 Å². The summed E-state index contributed by atoms with van der Waals surface area (Å²) >= 11 is 0. The highest BCUT2D eigenvalue weighted by molar-refractivity contribution is 5.67. The number of hydrogen-bond donors (Lipinski definition) is 2. The molecule has 30 heavy (non-hydrogen) atoms. The molecule has 0 bridgehead atoms. The lowest BCUT2D eigenvalue weighted by Gasteiger charge is -2.15. The van der Waals surface area contributed by atoms with E-state index in [1.165, 1.54) is 0 Å². The summed E-state index contributed by atoms with van der Waals surface area (Å²) in [6.07, 6.45) is 3.30. The number of fused-ring (bicyclic) bond motifs is 1. The van der Waals surface area contributed by atoms with Crippen molar-refractivity contribution in [3.63, 3.8) is 0 Å². The smallest absolute Gasteiger partial charge is 0.166 e. The highest BCUT2D eigenvalue weighted by Crippen LogP contribution is 2.31. The quantitative estimate of drug-likeness (QED) is 0.464. The van der Waals surface area contributed by atoms with E-state index in [-0.39, 0.29) is 12.5 Å². The van der Waals surface area contributed by atoms with Crippen molar-refractivity contribution >= 4 is 5.82 Å². The van der Waals surface area contributed by atoms with Crippen LogP contribution in [0.25, 0.3) is 11.5 Å². The number of nitrogens with zero attached hydrogens (tertiary/aromatic N) is 4. The Morgan fingerprint density at radius 2 is 2.00 bits per heavy atom. The lowest BCUT2D eigenvalue weighted by atomic mass is 10.2. The maximum absolute atomic E-state index is 8.94. The minimum Gasteiger partial charge on any atom is -0.493 e. The second-order valence-corrected chi connectivity index (χ2v) is 7.42. The molecule has 0 aromatic heterocycles. The maximum atomic E-state index is 8.94. The van der Waals surface area contributed by atoms with Crippen molar-refractivity contribution < 1.29 is 14.6 Å². The first kappa shape index (κ1) is 21.8. The predicted octanol–water partition coefficient (Wildman–Crippen LogP) is 3.54. The van der Waals surface area contributed by atoms with Gasteiger partial charge in [0.2, 0.25) is 0 Å². The lowest BCUT2D eigenvalue weighted by molar-refractivity contribution is 0.247. The Kier molecular flexibility index (Phi) is 7.46. The molecular weight excluding hydrogens is 382 g/mol. The molecule has 0 saturated carbocycles. The molecule has 162 valence electrons. The largest absolute Gasteiger partial charge is 0.493 e. The fourth-order valence-corrected chi connectivity index (χ4v) is 3.15. The van der Waals surface area contributed by atoms with Gasteiger partial charge in [-0.15, -0.1) is 0 Å². The molecule has 0 radical (unpaired) electrons. The van der Waals surface area contributed by atoms with Gasteiger partial charge in [-0.05, 0) is 37.5 Å². The zero-order chi connectivity index (χ0) is 21.5. The molecule has 8 heteroatoms. The van der Waals surface area contributed by atoms with Crippen LogP contribution < -0.4 is 14.8 Å². The fraction of sp³-hybridized carbons (Fsp3) is 0.500. The number of benzene rings is 1. The molecule has 0 atom stereocenters. The predicted molar refractivity (Wildman–Crippen MR) is 117 cm³/mol. The molecule has 0 aliphatic carbocycles. The Hall–Kier alpha value is -2.87. The maximum Gasteiger partial charge on any atom is 0.166 e. The molecule has 0 amide bonds. The third-order valence-electron chi connectivity index (χ3n) is 4.73. The van der Waals surface area contributed by atoms with Crippen molar-refractivity contribution in [2.24, 2.45) is 0 Å². The van der Waals surface area contributed by atoms with Crippen molar-refractivity contribution in [3.05, 3.63) is 35.9 Å². The second kappa shape index (κ2) is 10.2. The number of anilines is 1. The number of unbranched alkanes of at least 4 members (excludes halogenated alkanes) is 1. The number of hydrogen-bond acceptors (Lipinski definition) is 7. The summed E-state index contributed by atoms with van der Waals surface area (Å²) < 4.78 is 13.3. The molecule has 2 heterocycles. The first-order chi connectivity index (χ1) is 14.6. The topological polar surface area (TPSA) is 94.3 Å². The van der Waals surface area contributed by atoms with Crippen LogP contribution in [-0.4, -0.2) is 51.5 Å². The van der Waals surface area contributed by atoms with Gasteiger partial charge in [0.25, 0.3) is 0 Å². The Bertz CT molecular complexity index is 925. The van der Waals surface area contributed by atoms with E-state index < -0.39 is 0 Å². The van der Waals surface area contributed by atoms with Crippen molar-refractivity contribution in [1.82, 2.24) is 19.5 Å². The highest BCUT2D eigenvalue weighted by Gasteiger charge is 2.21. The van der Waals surface area contributed by atoms with Gasteiger partial charge in [0.05, 0.1) is 26.6 Å². The van der Waals surface area contributed by atoms with Crippen LogP contribution in [0.3, 0.4) is 0 Å². The summed E-state index contributed by atoms with van der Waals surface area (Å²) in [7, 11) is 1.63. The SMILES string of the molecule is CCNc1ncn(Cc2ccc(OC)c(OCCCCO)c2)c2nc(C(C)C)nc1-2. The molecule has 8 nitrogen and oxygen atoms in total. The Labute approximate surface area is 177 Å². The monoisotopic (exact) mass is 413 g/mol. The Morgan fingerprint density at radius 3 is 2.70 bits per heavy atom. The lowest BCUT2D eigenvalue weighted by Crippen LogP contribution is -2.11. The van der Waals surface area contributed by atoms with E-state index in [0.717, 1.165) is 41.7 Å². The van der Waals surface area contributed by atoms with E-state index in [2.05, 4.69) is 24.1 Å². The molecule has 1 aromatic carbocycles. The van der Waals surface area contributed by atoms with Crippen LogP contribution in [0, 0.1) is 0 Å². The van der Waals surface area contributed by atoms with Gasteiger partial charge in [-0.1, -0.05) is 19.9 Å². The van der Waals surface area contributed by atoms with E-state index in [4.69, 9.17) is 24.5 Å². The molecule has 2 aliphatic heterocycles. The zero-order valence-electron chi connectivity index (χ0n) is 18.2. The number of aromatic nitrogens is 4. The van der Waals surface area contributed by atoms with E-state index in [9.17, 15) is 0 Å². The van der Waals surface area contributed by atoms with Gasteiger partial charge >= 0.3 is 0 Å². The molecule has 2 N–H and O–H groups in total. The third kappa shape index (κ3) is 4.99. The van der Waals surface area contributed by atoms with Gasteiger partial charge in [-0.25, -0.2) is 15.0 Å². The number of aliphatic hydroxyl groups is 1. The molecule has 0 spiro atoms. The van der Waals surface area contributed by atoms with Gasteiger partial charge < -0.3 is 24.5 Å². The van der Waals surface area contributed by atoms with Crippen LogP contribution in [0.5, 0.6) is 11.5 Å². The minimum atomic E-state index is 0.169. The number of ether oxygens (including phenoxy) is 2. The summed E-state index contributed by atoms with van der Waals surface area (Å²) in [6.45, 7) is 8.26. The molecule has 0 unspecified atom stereocenters. The minimum absolute atomic E-state index is 0.169. The van der Waals surface area contributed by atoms with Gasteiger partial charge in [0.15, 0.2) is 28.8 Å². The van der Waals surface area contributed by atoms with E-state index in [1.54, 1.807) is 13.4 Å². The number of rotatable bonds is 11. The average Bonchev–Trinajstić information content (AvgIpc) is 3.20. The van der Waals surface area contributed by atoms with Gasteiger partial charge in [-0.3, -0.25) is 0 Å². The fourth-order valence-electron chi connectivity index (χ4n) is 3.15. The van der Waals surface area contributed by atoms with Gasteiger partial charge in [0, 0.05) is 19.1 Å².